The summed E-state index contributed by atoms with van der Waals surface area (Å²) in [6, 6.07) is 5.50. The first-order valence-corrected chi connectivity index (χ1v) is 5.57. The van der Waals surface area contributed by atoms with E-state index in [2.05, 4.69) is 4.52 Å². The lowest BCUT2D eigenvalue weighted by molar-refractivity contribution is 0.371. The van der Waals surface area contributed by atoms with Gasteiger partial charge in [-0.15, -0.1) is 0 Å². The van der Waals surface area contributed by atoms with Crippen LogP contribution >= 0.6 is 7.60 Å². The predicted octanol–water partition coefficient (Wildman–Crippen LogP) is 2.41. The first-order chi connectivity index (χ1) is 6.05. The minimum absolute atomic E-state index is 0.0403. The molecule has 0 bridgehead atoms. The Morgan fingerprint density at radius 1 is 1.54 bits per heavy atom. The molecule has 0 aliphatic rings. The number of hydrogen-bond donors (Lipinski definition) is 1. The summed E-state index contributed by atoms with van der Waals surface area (Å²) in [5, 5.41) is 0. The molecule has 3 nitrogen and oxygen atoms in total. The van der Waals surface area contributed by atoms with Crippen molar-refractivity contribution in [3.8, 4) is 5.75 Å². The Morgan fingerprint density at radius 3 is 2.69 bits per heavy atom. The van der Waals surface area contributed by atoms with E-state index in [1.165, 1.54) is 31.2 Å². The fraction of sp³-hybridized carbons (Fsp3) is 0.250. The van der Waals surface area contributed by atoms with Crippen LogP contribution in [0.5, 0.6) is 5.75 Å². The van der Waals surface area contributed by atoms with Gasteiger partial charge in [-0.05, 0) is 12.1 Å². The van der Waals surface area contributed by atoms with Crippen LogP contribution in [-0.4, -0.2) is 11.1 Å². The molecule has 0 radical (unpaired) electrons. The average molecular weight is 204 g/mol. The van der Waals surface area contributed by atoms with Crippen molar-refractivity contribution in [1.29, 1.82) is 0 Å². The molecule has 1 rings (SSSR count). The Balaban J connectivity index is 2.86. The summed E-state index contributed by atoms with van der Waals surface area (Å²) in [6.45, 7) is 1.50. The van der Waals surface area contributed by atoms with E-state index in [1.54, 1.807) is 0 Å². The molecule has 1 aromatic carbocycles. The van der Waals surface area contributed by atoms with Gasteiger partial charge in [0.1, 0.15) is 0 Å². The molecule has 1 N–H and O–H groups in total. The van der Waals surface area contributed by atoms with E-state index in [0.717, 1.165) is 0 Å². The quantitative estimate of drug-likeness (QED) is 0.769. The molecule has 1 aromatic rings. The van der Waals surface area contributed by atoms with Gasteiger partial charge in [0.05, 0.1) is 6.16 Å². The smallest absolute Gasteiger partial charge is 0.376 e. The van der Waals surface area contributed by atoms with Crippen LogP contribution in [0, 0.1) is 5.82 Å². The van der Waals surface area contributed by atoms with Crippen LogP contribution in [-0.2, 0) is 4.57 Å². The molecule has 72 valence electrons. The van der Waals surface area contributed by atoms with E-state index in [4.69, 9.17) is 4.89 Å². The van der Waals surface area contributed by atoms with Crippen LogP contribution in [0.4, 0.5) is 4.39 Å². The van der Waals surface area contributed by atoms with Gasteiger partial charge < -0.3 is 9.42 Å². The highest BCUT2D eigenvalue weighted by Gasteiger charge is 2.18. The van der Waals surface area contributed by atoms with E-state index in [0.29, 0.717) is 0 Å². The van der Waals surface area contributed by atoms with Crippen LogP contribution < -0.4 is 4.52 Å². The minimum Gasteiger partial charge on any atom is -0.421 e. The summed E-state index contributed by atoms with van der Waals surface area (Å²) in [6.07, 6.45) is -0.0403. The van der Waals surface area contributed by atoms with Gasteiger partial charge in [-0.3, -0.25) is 0 Å². The standard InChI is InChI=1S/C8H10FO3P/c1-2-13(10,11)12-8-6-4-3-5-7(8)9/h3-6H,2H2,1H3,(H,10,11). The van der Waals surface area contributed by atoms with Crippen molar-refractivity contribution in [3.05, 3.63) is 30.1 Å². The Morgan fingerprint density at radius 2 is 2.15 bits per heavy atom. The second-order valence-electron chi connectivity index (χ2n) is 2.48. The van der Waals surface area contributed by atoms with Gasteiger partial charge in [0.15, 0.2) is 11.6 Å². The molecule has 0 aliphatic heterocycles. The van der Waals surface area contributed by atoms with Crippen LogP contribution in [0.2, 0.25) is 0 Å². The van der Waals surface area contributed by atoms with Gasteiger partial charge in [0, 0.05) is 0 Å². The zero-order chi connectivity index (χ0) is 9.90. The van der Waals surface area contributed by atoms with Gasteiger partial charge in [-0.1, -0.05) is 19.1 Å². The molecule has 1 unspecified atom stereocenters. The van der Waals surface area contributed by atoms with Crippen molar-refractivity contribution in [2.24, 2.45) is 0 Å². The van der Waals surface area contributed by atoms with Crippen LogP contribution in [0.15, 0.2) is 24.3 Å². The molecule has 13 heavy (non-hydrogen) atoms. The maximum Gasteiger partial charge on any atom is 0.376 e. The molecule has 0 aliphatic carbocycles. The lowest BCUT2D eigenvalue weighted by Gasteiger charge is -2.11. The van der Waals surface area contributed by atoms with E-state index in [9.17, 15) is 8.96 Å². The largest absolute Gasteiger partial charge is 0.421 e. The van der Waals surface area contributed by atoms with Crippen molar-refractivity contribution < 1.29 is 18.4 Å². The highest BCUT2D eigenvalue weighted by molar-refractivity contribution is 7.53. The van der Waals surface area contributed by atoms with E-state index in [1.807, 2.05) is 0 Å². The molecular formula is C8H10FO3P. The van der Waals surface area contributed by atoms with Crippen LogP contribution in [0.3, 0.4) is 0 Å². The van der Waals surface area contributed by atoms with Gasteiger partial charge in [0.2, 0.25) is 0 Å². The molecular weight excluding hydrogens is 194 g/mol. The topological polar surface area (TPSA) is 46.5 Å². The number of benzene rings is 1. The third-order valence-corrected chi connectivity index (χ3v) is 2.76. The van der Waals surface area contributed by atoms with Gasteiger partial charge in [-0.2, -0.15) is 0 Å². The molecule has 0 heterocycles. The lowest BCUT2D eigenvalue weighted by atomic mass is 10.3. The summed E-state index contributed by atoms with van der Waals surface area (Å²) in [7, 11) is -3.66. The van der Waals surface area contributed by atoms with Crippen molar-refractivity contribution >= 4 is 7.60 Å². The van der Waals surface area contributed by atoms with Gasteiger partial charge in [-0.25, -0.2) is 8.96 Å². The number of hydrogen-bond acceptors (Lipinski definition) is 2. The van der Waals surface area contributed by atoms with E-state index in [-0.39, 0.29) is 11.9 Å². The molecule has 0 saturated heterocycles. The van der Waals surface area contributed by atoms with Crippen molar-refractivity contribution in [3.63, 3.8) is 0 Å². The Labute approximate surface area is 75.7 Å². The monoisotopic (exact) mass is 204 g/mol. The maximum absolute atomic E-state index is 12.9. The highest BCUT2D eigenvalue weighted by atomic mass is 31.2. The highest BCUT2D eigenvalue weighted by Crippen LogP contribution is 2.42. The summed E-state index contributed by atoms with van der Waals surface area (Å²) < 4.78 is 28.6. The molecule has 0 fully saturated rings. The van der Waals surface area contributed by atoms with Crippen molar-refractivity contribution in [2.45, 2.75) is 6.92 Å². The zero-order valence-electron chi connectivity index (χ0n) is 7.11. The minimum atomic E-state index is -3.66. The Bertz CT molecular complexity index is 340. The lowest BCUT2D eigenvalue weighted by Crippen LogP contribution is -1.95. The first kappa shape index (κ1) is 10.2. The molecule has 0 aromatic heterocycles. The van der Waals surface area contributed by atoms with Crippen LogP contribution in [0.25, 0.3) is 0 Å². The maximum atomic E-state index is 12.9. The summed E-state index contributed by atoms with van der Waals surface area (Å²) in [5.74, 6) is -0.819. The number of rotatable bonds is 3. The number of para-hydroxylation sites is 1. The Hall–Kier alpha value is -0.860. The molecule has 0 amide bonds. The summed E-state index contributed by atoms with van der Waals surface area (Å²) in [5.41, 5.74) is 0. The number of halogens is 1. The van der Waals surface area contributed by atoms with Crippen molar-refractivity contribution in [2.75, 3.05) is 6.16 Å². The fourth-order valence-corrected chi connectivity index (χ4v) is 1.32. The molecule has 1 atom stereocenters. The van der Waals surface area contributed by atoms with Crippen LogP contribution in [0.1, 0.15) is 6.92 Å². The molecule has 5 heteroatoms. The molecule has 0 saturated carbocycles. The fourth-order valence-electron chi connectivity index (χ4n) is 0.737. The zero-order valence-corrected chi connectivity index (χ0v) is 8.00. The average Bonchev–Trinajstić information content (AvgIpc) is 2.09. The normalized spacial score (nSPS) is 15.0. The Kier molecular flexibility index (Phi) is 3.07. The van der Waals surface area contributed by atoms with E-state index >= 15 is 0 Å². The second-order valence-corrected chi connectivity index (χ2v) is 4.57. The second kappa shape index (κ2) is 3.90. The van der Waals surface area contributed by atoms with Gasteiger partial charge in [0.25, 0.3) is 0 Å². The van der Waals surface area contributed by atoms with E-state index < -0.39 is 13.4 Å². The third-order valence-electron chi connectivity index (χ3n) is 1.48. The summed E-state index contributed by atoms with van der Waals surface area (Å²) in [4.78, 5) is 9.07. The van der Waals surface area contributed by atoms with Gasteiger partial charge >= 0.3 is 7.60 Å². The van der Waals surface area contributed by atoms with Crippen molar-refractivity contribution in [1.82, 2.24) is 0 Å². The summed E-state index contributed by atoms with van der Waals surface area (Å²) >= 11 is 0. The molecule has 0 spiro atoms. The predicted molar refractivity (Wildman–Crippen MR) is 47.4 cm³/mol. The first-order valence-electron chi connectivity index (χ1n) is 3.81. The third kappa shape index (κ3) is 2.83. The SMILES string of the molecule is CCP(=O)(O)Oc1ccccc1F.